The molecule has 20 heavy (non-hydrogen) atoms. The zero-order valence-electron chi connectivity index (χ0n) is 10.8. The molecular formula is C18H11NS. The van der Waals surface area contributed by atoms with E-state index < -0.39 is 0 Å². The minimum atomic E-state index is 0.992. The SMILES string of the molecule is C1=CC2=c3ccc4c(sc5ccccc54)c3=NC2=CC1. The summed E-state index contributed by atoms with van der Waals surface area (Å²) in [6, 6.07) is 13.1. The Labute approximate surface area is 119 Å². The van der Waals surface area contributed by atoms with Crippen molar-refractivity contribution in [3.05, 3.63) is 70.9 Å². The van der Waals surface area contributed by atoms with E-state index in [-0.39, 0.29) is 0 Å². The summed E-state index contributed by atoms with van der Waals surface area (Å²) >= 11 is 1.85. The highest BCUT2D eigenvalue weighted by Crippen LogP contribution is 2.32. The van der Waals surface area contributed by atoms with Crippen LogP contribution in [-0.4, -0.2) is 0 Å². The molecule has 5 rings (SSSR count). The average Bonchev–Trinajstić information content (AvgIpc) is 3.05. The monoisotopic (exact) mass is 273 g/mol. The van der Waals surface area contributed by atoms with Gasteiger partial charge in [0.15, 0.2) is 0 Å². The quantitative estimate of drug-likeness (QED) is 0.592. The first-order valence-corrected chi connectivity index (χ1v) is 7.64. The number of thiophene rings is 1. The molecule has 0 N–H and O–H groups in total. The third-order valence-electron chi connectivity index (χ3n) is 4.05. The second-order valence-electron chi connectivity index (χ2n) is 5.19. The zero-order chi connectivity index (χ0) is 13.1. The highest BCUT2D eigenvalue weighted by molar-refractivity contribution is 7.25. The van der Waals surface area contributed by atoms with E-state index in [1.807, 2.05) is 11.3 Å². The van der Waals surface area contributed by atoms with Gasteiger partial charge in [-0.3, -0.25) is 0 Å². The molecular weight excluding hydrogens is 262 g/mol. The molecule has 0 spiro atoms. The molecule has 0 atom stereocenters. The van der Waals surface area contributed by atoms with Crippen molar-refractivity contribution >= 4 is 37.1 Å². The van der Waals surface area contributed by atoms with Crippen LogP contribution in [0.1, 0.15) is 6.42 Å². The molecule has 2 heteroatoms. The van der Waals surface area contributed by atoms with Gasteiger partial charge < -0.3 is 0 Å². The molecule has 0 amide bonds. The van der Waals surface area contributed by atoms with E-state index in [4.69, 9.17) is 4.99 Å². The fraction of sp³-hybridized carbons (Fsp3) is 0.0556. The van der Waals surface area contributed by atoms with E-state index in [1.165, 1.54) is 31.0 Å². The van der Waals surface area contributed by atoms with Crippen LogP contribution in [0.3, 0.4) is 0 Å². The van der Waals surface area contributed by atoms with Gasteiger partial charge in [-0.1, -0.05) is 48.6 Å². The van der Waals surface area contributed by atoms with Crippen LogP contribution in [-0.2, 0) is 0 Å². The number of rotatable bonds is 0. The van der Waals surface area contributed by atoms with Crippen LogP contribution < -0.4 is 10.6 Å². The van der Waals surface area contributed by atoms with Crippen molar-refractivity contribution in [2.45, 2.75) is 6.42 Å². The molecule has 0 saturated carbocycles. The molecule has 3 aromatic rings. The van der Waals surface area contributed by atoms with E-state index in [9.17, 15) is 0 Å². The van der Waals surface area contributed by atoms with Crippen LogP contribution in [0.5, 0.6) is 0 Å². The average molecular weight is 273 g/mol. The molecule has 2 aromatic carbocycles. The summed E-state index contributed by atoms with van der Waals surface area (Å²) in [4.78, 5) is 4.88. The van der Waals surface area contributed by atoms with Crippen LogP contribution in [0.4, 0.5) is 0 Å². The van der Waals surface area contributed by atoms with Gasteiger partial charge in [-0.2, -0.15) is 0 Å². The second-order valence-corrected chi connectivity index (χ2v) is 6.24. The first-order chi connectivity index (χ1) is 9.92. The summed E-state index contributed by atoms with van der Waals surface area (Å²) in [6.07, 6.45) is 7.63. The van der Waals surface area contributed by atoms with E-state index in [0.29, 0.717) is 0 Å². The molecule has 0 saturated heterocycles. The molecule has 0 bridgehead atoms. The van der Waals surface area contributed by atoms with Crippen molar-refractivity contribution in [1.29, 1.82) is 0 Å². The van der Waals surface area contributed by atoms with E-state index >= 15 is 0 Å². The molecule has 1 aliphatic carbocycles. The van der Waals surface area contributed by atoms with E-state index in [1.54, 1.807) is 0 Å². The summed E-state index contributed by atoms with van der Waals surface area (Å²) in [7, 11) is 0. The smallest absolute Gasteiger partial charge is 0.0894 e. The van der Waals surface area contributed by atoms with Gasteiger partial charge in [0.1, 0.15) is 0 Å². The van der Waals surface area contributed by atoms with Crippen LogP contribution >= 0.6 is 11.3 Å². The van der Waals surface area contributed by atoms with Crippen LogP contribution in [0, 0.1) is 0 Å². The molecule has 1 nitrogen and oxygen atoms in total. The summed E-state index contributed by atoms with van der Waals surface area (Å²) in [6.45, 7) is 0. The first kappa shape index (κ1) is 10.6. The highest BCUT2D eigenvalue weighted by Gasteiger charge is 2.16. The lowest BCUT2D eigenvalue weighted by Gasteiger charge is -2.01. The maximum Gasteiger partial charge on any atom is 0.0894 e. The molecule has 1 aromatic heterocycles. The Morgan fingerprint density at radius 3 is 2.95 bits per heavy atom. The lowest BCUT2D eigenvalue weighted by Crippen LogP contribution is -2.22. The minimum absolute atomic E-state index is 0.992. The Hall–Kier alpha value is -2.19. The topological polar surface area (TPSA) is 12.4 Å². The minimum Gasteiger partial charge on any atom is -0.247 e. The van der Waals surface area contributed by atoms with Crippen molar-refractivity contribution in [2.75, 3.05) is 0 Å². The van der Waals surface area contributed by atoms with Crippen LogP contribution in [0.25, 0.3) is 25.7 Å². The maximum atomic E-state index is 4.88. The van der Waals surface area contributed by atoms with Crippen molar-refractivity contribution in [3.63, 3.8) is 0 Å². The number of hydrogen-bond acceptors (Lipinski definition) is 2. The Bertz CT molecular complexity index is 1060. The Balaban J connectivity index is 2.06. The van der Waals surface area contributed by atoms with Gasteiger partial charge in [-0.05, 0) is 12.5 Å². The summed E-state index contributed by atoms with van der Waals surface area (Å²) in [5.41, 5.74) is 2.43. The van der Waals surface area contributed by atoms with Gasteiger partial charge in [0.05, 0.1) is 15.8 Å². The summed E-state index contributed by atoms with van der Waals surface area (Å²) in [5.74, 6) is 0. The molecule has 0 unspecified atom stereocenters. The predicted octanol–water partition coefficient (Wildman–Crippen LogP) is 3.68. The number of benzene rings is 2. The standard InChI is InChI=1S/C18H11NS/c1-3-7-15-11(5-1)13-9-10-14-12-6-2-4-8-16(12)20-18(14)17(13)19-15/h1-2,4-10H,3H2. The number of allylic oxidation sites excluding steroid dienone is 3. The van der Waals surface area contributed by atoms with Gasteiger partial charge in [-0.25, -0.2) is 4.99 Å². The Morgan fingerprint density at radius 1 is 1.00 bits per heavy atom. The first-order valence-electron chi connectivity index (χ1n) is 6.82. The molecule has 94 valence electrons. The summed E-state index contributed by atoms with van der Waals surface area (Å²) < 4.78 is 2.66. The largest absolute Gasteiger partial charge is 0.247 e. The lowest BCUT2D eigenvalue weighted by molar-refractivity contribution is 1.26. The van der Waals surface area contributed by atoms with Gasteiger partial charge >= 0.3 is 0 Å². The zero-order valence-corrected chi connectivity index (χ0v) is 11.6. The van der Waals surface area contributed by atoms with Crippen LogP contribution in [0.2, 0.25) is 0 Å². The van der Waals surface area contributed by atoms with E-state index in [0.717, 1.165) is 17.5 Å². The molecule has 2 aliphatic rings. The molecule has 1 aliphatic heterocycles. The van der Waals surface area contributed by atoms with Crippen molar-refractivity contribution < 1.29 is 0 Å². The third kappa shape index (κ3) is 1.24. The lowest BCUT2D eigenvalue weighted by atomic mass is 10.0. The number of hydrogen-bond donors (Lipinski definition) is 0. The number of fused-ring (bicyclic) bond motifs is 6. The fourth-order valence-corrected chi connectivity index (χ4v) is 4.31. The van der Waals surface area contributed by atoms with Gasteiger partial charge in [0.2, 0.25) is 0 Å². The highest BCUT2D eigenvalue weighted by atomic mass is 32.1. The summed E-state index contributed by atoms with van der Waals surface area (Å²) in [5, 5.41) is 5.12. The molecule has 0 radical (unpaired) electrons. The van der Waals surface area contributed by atoms with Crippen LogP contribution in [0.15, 0.2) is 65.3 Å². The fourth-order valence-electron chi connectivity index (χ4n) is 3.12. The van der Waals surface area contributed by atoms with Gasteiger partial charge in [0, 0.05) is 26.3 Å². The normalized spacial score (nSPS) is 16.2. The Morgan fingerprint density at radius 2 is 1.95 bits per heavy atom. The predicted molar refractivity (Wildman–Crippen MR) is 85.4 cm³/mol. The maximum absolute atomic E-state index is 4.88. The van der Waals surface area contributed by atoms with E-state index in [2.05, 4.69) is 54.6 Å². The van der Waals surface area contributed by atoms with Crippen molar-refractivity contribution in [1.82, 2.24) is 0 Å². The molecule has 0 fully saturated rings. The van der Waals surface area contributed by atoms with Gasteiger partial charge in [0.25, 0.3) is 0 Å². The third-order valence-corrected chi connectivity index (χ3v) is 5.24. The molecule has 2 heterocycles. The number of nitrogens with zero attached hydrogens (tertiary/aromatic N) is 1. The Kier molecular flexibility index (Phi) is 1.94. The van der Waals surface area contributed by atoms with Crippen molar-refractivity contribution in [3.8, 4) is 0 Å². The van der Waals surface area contributed by atoms with Gasteiger partial charge in [-0.15, -0.1) is 11.3 Å². The van der Waals surface area contributed by atoms with Crippen molar-refractivity contribution in [2.24, 2.45) is 4.99 Å². The second kappa shape index (κ2) is 3.68.